The fourth-order valence-electron chi connectivity index (χ4n) is 1.19. The highest BCUT2D eigenvalue weighted by atomic mass is 16.1. The van der Waals surface area contributed by atoms with Gasteiger partial charge in [0.15, 0.2) is 11.7 Å². The first-order valence-corrected chi connectivity index (χ1v) is 5.24. The van der Waals surface area contributed by atoms with Gasteiger partial charge in [-0.2, -0.15) is 0 Å². The molecule has 0 spiro atoms. The number of aliphatic imine (C=N–C) groups is 1. The normalized spacial score (nSPS) is 14.1. The molecular weight excluding hydrogens is 192 g/mol. The number of ketones is 1. The van der Waals surface area contributed by atoms with Gasteiger partial charge in [-0.15, -0.1) is 0 Å². The van der Waals surface area contributed by atoms with Crippen LogP contribution in [0.5, 0.6) is 0 Å². The van der Waals surface area contributed by atoms with Gasteiger partial charge in [-0.3, -0.25) is 9.79 Å². The second-order valence-electron chi connectivity index (χ2n) is 3.84. The van der Waals surface area contributed by atoms with Gasteiger partial charge in [0.25, 0.3) is 0 Å². The van der Waals surface area contributed by atoms with Crippen LogP contribution in [0.3, 0.4) is 0 Å². The number of hydrogen-bond donors (Lipinski definition) is 3. The number of carbonyl (C=O) groups excluding carboxylic acids is 1. The van der Waals surface area contributed by atoms with Crippen molar-refractivity contribution in [3.63, 3.8) is 0 Å². The third-order valence-electron chi connectivity index (χ3n) is 2.17. The van der Waals surface area contributed by atoms with Crippen molar-refractivity contribution in [1.29, 1.82) is 0 Å². The molecular formula is C10H22N4O. The molecule has 0 saturated carbocycles. The molecule has 0 amide bonds. The molecule has 0 rings (SSSR count). The van der Waals surface area contributed by atoms with E-state index in [1.165, 1.54) is 0 Å². The minimum atomic E-state index is -0.355. The van der Waals surface area contributed by atoms with E-state index in [1.54, 1.807) is 7.05 Å². The zero-order valence-electron chi connectivity index (χ0n) is 9.79. The number of rotatable bonds is 6. The monoisotopic (exact) mass is 214 g/mol. The summed E-state index contributed by atoms with van der Waals surface area (Å²) in [7, 11) is 1.62. The molecule has 0 radical (unpaired) electrons. The largest absolute Gasteiger partial charge is 0.370 e. The van der Waals surface area contributed by atoms with E-state index >= 15 is 0 Å². The molecule has 0 aromatic rings. The van der Waals surface area contributed by atoms with E-state index in [4.69, 9.17) is 11.5 Å². The lowest BCUT2D eigenvalue weighted by Gasteiger charge is -2.13. The fourth-order valence-corrected chi connectivity index (χ4v) is 1.19. The van der Waals surface area contributed by atoms with Crippen LogP contribution in [0.4, 0.5) is 0 Å². The maximum atomic E-state index is 11.4. The number of nitrogens with two attached hydrogens (primary N) is 2. The van der Waals surface area contributed by atoms with Gasteiger partial charge < -0.3 is 16.8 Å². The highest BCUT2D eigenvalue weighted by Gasteiger charge is 2.15. The van der Waals surface area contributed by atoms with Gasteiger partial charge in [-0.25, -0.2) is 0 Å². The molecule has 0 saturated heterocycles. The van der Waals surface area contributed by atoms with Crippen molar-refractivity contribution in [3.05, 3.63) is 0 Å². The highest BCUT2D eigenvalue weighted by Crippen LogP contribution is 2.02. The predicted octanol–water partition coefficient (Wildman–Crippen LogP) is -0.147. The molecule has 5 nitrogen and oxygen atoms in total. The van der Waals surface area contributed by atoms with Gasteiger partial charge in [0.2, 0.25) is 0 Å². The Labute approximate surface area is 91.3 Å². The van der Waals surface area contributed by atoms with Gasteiger partial charge in [-0.05, 0) is 12.8 Å². The number of hydrogen-bond acceptors (Lipinski definition) is 3. The smallest absolute Gasteiger partial charge is 0.188 e. The van der Waals surface area contributed by atoms with Crippen LogP contribution >= 0.6 is 0 Å². The van der Waals surface area contributed by atoms with Crippen molar-refractivity contribution in [2.24, 2.45) is 22.4 Å². The van der Waals surface area contributed by atoms with Gasteiger partial charge in [-0.1, -0.05) is 13.8 Å². The van der Waals surface area contributed by atoms with Crippen LogP contribution in [-0.4, -0.2) is 31.4 Å². The Hall–Kier alpha value is -1.10. The standard InChI is InChI=1S/C10H22N4O/c1-7(2)9(15)8(11)5-4-6-14-10(12)13-3/h7-8H,4-6,11H2,1-3H3,(H3,12,13,14)/t8-/m0/s1. The fraction of sp³-hybridized carbons (Fsp3) is 0.800. The topological polar surface area (TPSA) is 93.5 Å². The molecule has 0 fully saturated rings. The molecule has 0 aromatic heterocycles. The quantitative estimate of drug-likeness (QED) is 0.326. The maximum Gasteiger partial charge on any atom is 0.188 e. The minimum Gasteiger partial charge on any atom is -0.370 e. The second-order valence-corrected chi connectivity index (χ2v) is 3.84. The Balaban J connectivity index is 3.64. The summed E-state index contributed by atoms with van der Waals surface area (Å²) in [5, 5.41) is 2.92. The zero-order valence-corrected chi connectivity index (χ0v) is 9.79. The summed E-state index contributed by atoms with van der Waals surface area (Å²) < 4.78 is 0. The lowest BCUT2D eigenvalue weighted by Crippen LogP contribution is -2.36. The van der Waals surface area contributed by atoms with Gasteiger partial charge in [0.05, 0.1) is 6.04 Å². The molecule has 1 atom stereocenters. The van der Waals surface area contributed by atoms with Crippen LogP contribution in [0.25, 0.3) is 0 Å². The number of nitrogens with one attached hydrogen (secondary N) is 1. The van der Waals surface area contributed by atoms with Gasteiger partial charge >= 0.3 is 0 Å². The van der Waals surface area contributed by atoms with E-state index < -0.39 is 0 Å². The van der Waals surface area contributed by atoms with Crippen LogP contribution < -0.4 is 16.8 Å². The third-order valence-corrected chi connectivity index (χ3v) is 2.17. The lowest BCUT2D eigenvalue weighted by atomic mass is 9.99. The first-order valence-electron chi connectivity index (χ1n) is 5.24. The van der Waals surface area contributed by atoms with Crippen molar-refractivity contribution in [3.8, 4) is 0 Å². The summed E-state index contributed by atoms with van der Waals surface area (Å²) in [5.74, 6) is 0.543. The van der Waals surface area contributed by atoms with Crippen molar-refractivity contribution in [1.82, 2.24) is 5.32 Å². The van der Waals surface area contributed by atoms with Crippen LogP contribution in [-0.2, 0) is 4.79 Å². The Bertz CT molecular complexity index is 225. The van der Waals surface area contributed by atoms with Crippen molar-refractivity contribution in [2.75, 3.05) is 13.6 Å². The van der Waals surface area contributed by atoms with E-state index in [0.717, 1.165) is 6.42 Å². The summed E-state index contributed by atoms with van der Waals surface area (Å²) in [4.78, 5) is 15.2. The summed E-state index contributed by atoms with van der Waals surface area (Å²) in [5.41, 5.74) is 11.2. The second kappa shape index (κ2) is 7.23. The van der Waals surface area contributed by atoms with E-state index in [-0.39, 0.29) is 17.7 Å². The number of nitrogens with zero attached hydrogens (tertiary/aromatic N) is 1. The summed E-state index contributed by atoms with van der Waals surface area (Å²) >= 11 is 0. The molecule has 0 unspecified atom stereocenters. The van der Waals surface area contributed by atoms with Crippen LogP contribution in [0, 0.1) is 5.92 Å². The average molecular weight is 214 g/mol. The van der Waals surface area contributed by atoms with E-state index in [9.17, 15) is 4.79 Å². The molecule has 5 N–H and O–H groups in total. The third kappa shape index (κ3) is 6.06. The number of guanidine groups is 1. The van der Waals surface area contributed by atoms with Crippen LogP contribution in [0.2, 0.25) is 0 Å². The Morgan fingerprint density at radius 3 is 2.53 bits per heavy atom. The highest BCUT2D eigenvalue weighted by molar-refractivity contribution is 5.85. The Morgan fingerprint density at radius 2 is 2.07 bits per heavy atom. The number of Topliss-reactive ketones (excluding diaryl/α,β-unsaturated/α-hetero) is 1. The predicted molar refractivity (Wildman–Crippen MR) is 62.6 cm³/mol. The molecule has 0 aliphatic rings. The summed E-state index contributed by atoms with van der Waals surface area (Å²) in [6.07, 6.45) is 1.50. The van der Waals surface area contributed by atoms with Crippen molar-refractivity contribution < 1.29 is 4.79 Å². The zero-order chi connectivity index (χ0) is 11.8. The van der Waals surface area contributed by atoms with Crippen LogP contribution in [0.15, 0.2) is 4.99 Å². The molecule has 0 bridgehead atoms. The Morgan fingerprint density at radius 1 is 1.47 bits per heavy atom. The Kier molecular flexibility index (Phi) is 6.70. The van der Waals surface area contributed by atoms with Crippen molar-refractivity contribution in [2.45, 2.75) is 32.7 Å². The summed E-state index contributed by atoms with van der Waals surface area (Å²) in [6.45, 7) is 4.42. The van der Waals surface area contributed by atoms with E-state index in [0.29, 0.717) is 18.9 Å². The molecule has 0 aliphatic heterocycles. The van der Waals surface area contributed by atoms with Crippen LogP contribution in [0.1, 0.15) is 26.7 Å². The molecule has 88 valence electrons. The average Bonchev–Trinajstić information content (AvgIpc) is 2.22. The van der Waals surface area contributed by atoms with Gasteiger partial charge in [0, 0.05) is 19.5 Å². The number of carbonyl (C=O) groups is 1. The molecule has 0 heterocycles. The summed E-state index contributed by atoms with van der Waals surface area (Å²) in [6, 6.07) is -0.355. The molecule has 0 aromatic carbocycles. The first-order chi connectivity index (χ1) is 6.99. The van der Waals surface area contributed by atoms with Gasteiger partial charge in [0.1, 0.15) is 0 Å². The maximum absolute atomic E-state index is 11.4. The minimum absolute atomic E-state index is 0.00947. The van der Waals surface area contributed by atoms with Crippen molar-refractivity contribution >= 4 is 11.7 Å². The molecule has 5 heteroatoms. The first kappa shape index (κ1) is 13.9. The van der Waals surface area contributed by atoms with E-state index in [1.807, 2.05) is 13.8 Å². The molecule has 0 aliphatic carbocycles. The van der Waals surface area contributed by atoms with E-state index in [2.05, 4.69) is 10.3 Å². The SMILES string of the molecule is CN=C(N)NCCC[C@H](N)C(=O)C(C)C. The lowest BCUT2D eigenvalue weighted by molar-refractivity contribution is -0.123. The molecule has 15 heavy (non-hydrogen) atoms.